The molecule has 0 heterocycles. The SMILES string of the molecule is CC1(C)[C@@H]2CC[C@@H](C2)[C@@]1(C)SCc1ccccc1. The lowest BCUT2D eigenvalue weighted by Gasteiger charge is -2.47. The van der Waals surface area contributed by atoms with Gasteiger partial charge in [-0.2, -0.15) is 0 Å². The molecule has 2 bridgehead atoms. The average molecular weight is 260 g/mol. The summed E-state index contributed by atoms with van der Waals surface area (Å²) < 4.78 is 0.478. The standard InChI is InChI=1S/C17H24S/c1-16(2)14-9-10-15(11-14)17(16,3)18-12-13-7-5-4-6-8-13/h4-8,14-15H,9-12H2,1-3H3/t14-,15+,17-/m1/s1. The van der Waals surface area contributed by atoms with E-state index in [1.807, 2.05) is 0 Å². The molecule has 2 saturated carbocycles. The van der Waals surface area contributed by atoms with Gasteiger partial charge in [0.2, 0.25) is 0 Å². The Bertz CT molecular complexity index is 422. The van der Waals surface area contributed by atoms with E-state index in [1.54, 1.807) is 0 Å². The van der Waals surface area contributed by atoms with Gasteiger partial charge in [0.25, 0.3) is 0 Å². The molecule has 0 aromatic heterocycles. The van der Waals surface area contributed by atoms with Gasteiger partial charge < -0.3 is 0 Å². The predicted molar refractivity (Wildman–Crippen MR) is 80.8 cm³/mol. The second kappa shape index (κ2) is 4.30. The van der Waals surface area contributed by atoms with Crippen LogP contribution >= 0.6 is 11.8 Å². The van der Waals surface area contributed by atoms with Gasteiger partial charge in [0.05, 0.1) is 0 Å². The van der Waals surface area contributed by atoms with Crippen molar-refractivity contribution in [3.8, 4) is 0 Å². The molecule has 3 atom stereocenters. The first-order valence-electron chi connectivity index (χ1n) is 7.22. The lowest BCUT2D eigenvalue weighted by Crippen LogP contribution is -2.44. The summed E-state index contributed by atoms with van der Waals surface area (Å²) in [6, 6.07) is 10.9. The molecule has 98 valence electrons. The Balaban J connectivity index is 1.75. The highest BCUT2D eigenvalue weighted by Crippen LogP contribution is 2.66. The van der Waals surface area contributed by atoms with Gasteiger partial charge in [-0.1, -0.05) is 44.2 Å². The van der Waals surface area contributed by atoms with Crippen LogP contribution in [0.1, 0.15) is 45.6 Å². The first-order chi connectivity index (χ1) is 8.54. The Morgan fingerprint density at radius 2 is 1.72 bits per heavy atom. The summed E-state index contributed by atoms with van der Waals surface area (Å²) in [4.78, 5) is 0. The number of fused-ring (bicyclic) bond motifs is 2. The molecule has 0 N–H and O–H groups in total. The maximum Gasteiger partial charge on any atom is 0.0217 e. The fourth-order valence-electron chi connectivity index (χ4n) is 4.18. The Labute approximate surface area is 116 Å². The van der Waals surface area contributed by atoms with Crippen LogP contribution in [0.4, 0.5) is 0 Å². The Morgan fingerprint density at radius 1 is 1.06 bits per heavy atom. The van der Waals surface area contributed by atoms with Crippen molar-refractivity contribution in [2.75, 3.05) is 0 Å². The van der Waals surface area contributed by atoms with Gasteiger partial charge in [0, 0.05) is 10.5 Å². The van der Waals surface area contributed by atoms with Crippen LogP contribution in [0.15, 0.2) is 30.3 Å². The molecule has 0 amide bonds. The fraction of sp³-hybridized carbons (Fsp3) is 0.647. The van der Waals surface area contributed by atoms with Crippen LogP contribution in [0.25, 0.3) is 0 Å². The molecule has 1 aromatic rings. The molecule has 1 heteroatoms. The third-order valence-corrected chi connectivity index (χ3v) is 7.83. The van der Waals surface area contributed by atoms with Crippen molar-refractivity contribution in [2.45, 2.75) is 50.5 Å². The first kappa shape index (κ1) is 12.6. The highest BCUT2D eigenvalue weighted by molar-refractivity contribution is 7.99. The van der Waals surface area contributed by atoms with Crippen molar-refractivity contribution in [3.05, 3.63) is 35.9 Å². The van der Waals surface area contributed by atoms with E-state index >= 15 is 0 Å². The second-order valence-electron chi connectivity index (χ2n) is 6.81. The number of hydrogen-bond acceptors (Lipinski definition) is 1. The topological polar surface area (TPSA) is 0 Å². The second-order valence-corrected chi connectivity index (χ2v) is 8.24. The predicted octanol–water partition coefficient (Wildman–Crippen LogP) is 5.13. The largest absolute Gasteiger partial charge is 0.150 e. The first-order valence-corrected chi connectivity index (χ1v) is 8.20. The zero-order valence-corrected chi connectivity index (χ0v) is 12.6. The van der Waals surface area contributed by atoms with E-state index in [9.17, 15) is 0 Å². The highest BCUT2D eigenvalue weighted by Gasteiger charge is 2.60. The van der Waals surface area contributed by atoms with E-state index in [1.165, 1.54) is 30.6 Å². The minimum Gasteiger partial charge on any atom is -0.150 e. The average Bonchev–Trinajstić information content (AvgIpc) is 2.92. The summed E-state index contributed by atoms with van der Waals surface area (Å²) in [6.07, 6.45) is 4.41. The van der Waals surface area contributed by atoms with Crippen molar-refractivity contribution in [1.82, 2.24) is 0 Å². The Hall–Kier alpha value is -0.430. The van der Waals surface area contributed by atoms with Crippen LogP contribution in [-0.2, 0) is 5.75 Å². The Morgan fingerprint density at radius 3 is 2.33 bits per heavy atom. The molecule has 2 aliphatic carbocycles. The van der Waals surface area contributed by atoms with Gasteiger partial charge in [-0.25, -0.2) is 0 Å². The van der Waals surface area contributed by atoms with Gasteiger partial charge in [-0.3, -0.25) is 0 Å². The van der Waals surface area contributed by atoms with Crippen LogP contribution in [0, 0.1) is 17.3 Å². The van der Waals surface area contributed by atoms with Gasteiger partial charge in [0.1, 0.15) is 0 Å². The third kappa shape index (κ3) is 1.74. The minimum absolute atomic E-state index is 0.478. The van der Waals surface area contributed by atoms with Gasteiger partial charge in [-0.15, -0.1) is 11.8 Å². The summed E-state index contributed by atoms with van der Waals surface area (Å²) in [5, 5.41) is 0. The summed E-state index contributed by atoms with van der Waals surface area (Å²) in [6.45, 7) is 7.55. The zero-order valence-electron chi connectivity index (χ0n) is 11.8. The molecule has 2 aliphatic rings. The molecule has 1 aromatic carbocycles. The van der Waals surface area contributed by atoms with E-state index in [0.717, 1.165) is 11.8 Å². The number of rotatable bonds is 3. The summed E-state index contributed by atoms with van der Waals surface area (Å²) in [5.74, 6) is 3.09. The van der Waals surface area contributed by atoms with Crippen molar-refractivity contribution >= 4 is 11.8 Å². The van der Waals surface area contributed by atoms with Gasteiger partial charge in [-0.05, 0) is 49.0 Å². The zero-order chi connectivity index (χ0) is 12.8. The van der Waals surface area contributed by atoms with Gasteiger partial charge >= 0.3 is 0 Å². The molecule has 18 heavy (non-hydrogen) atoms. The lowest BCUT2D eigenvalue weighted by molar-refractivity contribution is 0.166. The highest BCUT2D eigenvalue weighted by atomic mass is 32.2. The summed E-state index contributed by atoms with van der Waals surface area (Å²) >= 11 is 2.21. The third-order valence-electron chi connectivity index (χ3n) is 5.89. The molecule has 0 nitrogen and oxygen atoms in total. The molecular formula is C17H24S. The normalized spacial score (nSPS) is 37.1. The smallest absolute Gasteiger partial charge is 0.0217 e. The fourth-order valence-corrected chi connectivity index (χ4v) is 5.83. The Kier molecular flexibility index (Phi) is 3.01. The molecule has 3 rings (SSSR count). The molecule has 0 unspecified atom stereocenters. The minimum atomic E-state index is 0.478. The summed E-state index contributed by atoms with van der Waals surface area (Å²) in [5.41, 5.74) is 1.98. The van der Waals surface area contributed by atoms with Crippen LogP contribution in [0.5, 0.6) is 0 Å². The maximum atomic E-state index is 2.53. The number of benzene rings is 1. The van der Waals surface area contributed by atoms with E-state index in [-0.39, 0.29) is 0 Å². The maximum absolute atomic E-state index is 2.53. The van der Waals surface area contributed by atoms with Crippen LogP contribution < -0.4 is 0 Å². The lowest BCUT2D eigenvalue weighted by atomic mass is 9.69. The molecule has 0 aliphatic heterocycles. The van der Waals surface area contributed by atoms with Crippen LogP contribution in [0.3, 0.4) is 0 Å². The summed E-state index contributed by atoms with van der Waals surface area (Å²) in [7, 11) is 0. The molecular weight excluding hydrogens is 236 g/mol. The molecule has 2 fully saturated rings. The molecule has 0 spiro atoms. The van der Waals surface area contributed by atoms with Crippen LogP contribution in [0.2, 0.25) is 0 Å². The van der Waals surface area contributed by atoms with E-state index in [2.05, 4.69) is 62.9 Å². The van der Waals surface area contributed by atoms with E-state index < -0.39 is 0 Å². The number of thioether (sulfide) groups is 1. The van der Waals surface area contributed by atoms with Crippen molar-refractivity contribution in [3.63, 3.8) is 0 Å². The number of hydrogen-bond donors (Lipinski definition) is 0. The van der Waals surface area contributed by atoms with E-state index in [0.29, 0.717) is 10.2 Å². The van der Waals surface area contributed by atoms with Gasteiger partial charge in [0.15, 0.2) is 0 Å². The van der Waals surface area contributed by atoms with Crippen molar-refractivity contribution in [2.24, 2.45) is 17.3 Å². The van der Waals surface area contributed by atoms with Crippen molar-refractivity contribution in [1.29, 1.82) is 0 Å². The van der Waals surface area contributed by atoms with E-state index in [4.69, 9.17) is 0 Å². The van der Waals surface area contributed by atoms with Crippen LogP contribution in [-0.4, -0.2) is 4.75 Å². The molecule has 0 radical (unpaired) electrons. The van der Waals surface area contributed by atoms with Crippen molar-refractivity contribution < 1.29 is 0 Å². The monoisotopic (exact) mass is 260 g/mol. The molecule has 0 saturated heterocycles. The quantitative estimate of drug-likeness (QED) is 0.725.